The summed E-state index contributed by atoms with van der Waals surface area (Å²) in [5.74, 6) is 0.531. The van der Waals surface area contributed by atoms with Crippen molar-refractivity contribution in [2.24, 2.45) is 0 Å². The highest BCUT2D eigenvalue weighted by atomic mass is 32.2. The van der Waals surface area contributed by atoms with Crippen LogP contribution in [-0.2, 0) is 6.42 Å². The zero-order valence-electron chi connectivity index (χ0n) is 18.3. The number of nitrogens with zero attached hydrogens (tertiary/aromatic N) is 4. The molecule has 5 rings (SSSR count). The van der Waals surface area contributed by atoms with Crippen LogP contribution in [0.15, 0.2) is 84.0 Å². The average Bonchev–Trinajstić information content (AvgIpc) is 3.31. The number of nitrogens with one attached hydrogen (secondary N) is 1. The Hall–Kier alpha value is -3.98. The molecule has 2 heterocycles. The molecule has 1 aliphatic heterocycles. The number of Topliss-reactive ketones (excluding diaryl/α,β-unsaturated/α-hetero) is 1. The molecule has 1 aliphatic rings. The Morgan fingerprint density at radius 1 is 1.06 bits per heavy atom. The van der Waals surface area contributed by atoms with E-state index in [0.717, 1.165) is 17.5 Å². The number of ketones is 1. The molecule has 8 nitrogen and oxygen atoms in total. The Kier molecular flexibility index (Phi) is 5.85. The van der Waals surface area contributed by atoms with E-state index in [0.29, 0.717) is 22.1 Å². The molecule has 9 heteroatoms. The molecule has 0 unspecified atom stereocenters. The number of nitro benzene ring substituents is 1. The van der Waals surface area contributed by atoms with Gasteiger partial charge in [-0.1, -0.05) is 85.4 Å². The number of rotatable bonds is 6. The normalized spacial score (nSPS) is 17.0. The van der Waals surface area contributed by atoms with Crippen molar-refractivity contribution in [3.8, 4) is 11.4 Å². The molecule has 0 aliphatic carbocycles. The van der Waals surface area contributed by atoms with Crippen LogP contribution in [0.1, 0.15) is 34.5 Å². The van der Waals surface area contributed by atoms with Gasteiger partial charge in [-0.25, -0.2) is 4.68 Å². The molecule has 0 radical (unpaired) electrons. The molecule has 34 heavy (non-hydrogen) atoms. The third kappa shape index (κ3) is 4.06. The lowest BCUT2D eigenvalue weighted by atomic mass is 9.96. The monoisotopic (exact) mass is 471 g/mol. The van der Waals surface area contributed by atoms with Crippen LogP contribution in [0, 0.1) is 10.1 Å². The minimum atomic E-state index is -0.588. The molecule has 0 spiro atoms. The van der Waals surface area contributed by atoms with Crippen molar-refractivity contribution in [2.75, 3.05) is 5.43 Å². The van der Waals surface area contributed by atoms with Crippen LogP contribution in [0.25, 0.3) is 11.4 Å². The van der Waals surface area contributed by atoms with Crippen LogP contribution in [-0.4, -0.2) is 30.8 Å². The molecule has 0 amide bonds. The van der Waals surface area contributed by atoms with E-state index in [4.69, 9.17) is 0 Å². The van der Waals surface area contributed by atoms with Gasteiger partial charge >= 0.3 is 0 Å². The van der Waals surface area contributed by atoms with Gasteiger partial charge in [-0.2, -0.15) is 0 Å². The van der Waals surface area contributed by atoms with Crippen LogP contribution in [0.2, 0.25) is 0 Å². The van der Waals surface area contributed by atoms with Crippen LogP contribution in [0.3, 0.4) is 0 Å². The molecule has 4 aromatic rings. The SMILES string of the molecule is CCc1ccc(C(=O)[C@@H]2Sc3nnc(-c4ccccc4)n3N[C@@H]2c2cccc([N+](=O)[O-])c2)cc1. The van der Waals surface area contributed by atoms with Crippen LogP contribution >= 0.6 is 11.8 Å². The van der Waals surface area contributed by atoms with Gasteiger partial charge in [0.25, 0.3) is 5.69 Å². The fourth-order valence-corrected chi connectivity index (χ4v) is 5.14. The maximum Gasteiger partial charge on any atom is 0.269 e. The summed E-state index contributed by atoms with van der Waals surface area (Å²) in [7, 11) is 0. The van der Waals surface area contributed by atoms with E-state index in [1.165, 1.54) is 23.9 Å². The summed E-state index contributed by atoms with van der Waals surface area (Å²) in [4.78, 5) is 24.6. The molecule has 170 valence electrons. The number of nitro groups is 1. The molecule has 0 fully saturated rings. The first-order chi connectivity index (χ1) is 16.5. The number of non-ortho nitro benzene ring substituents is 1. The molecule has 1 aromatic heterocycles. The van der Waals surface area contributed by atoms with Crippen molar-refractivity contribution >= 4 is 23.2 Å². The number of aromatic nitrogens is 3. The number of carbonyl (C=O) groups is 1. The highest BCUT2D eigenvalue weighted by molar-refractivity contribution is 8.00. The number of carbonyl (C=O) groups excluding carboxylic acids is 1. The standard InChI is InChI=1S/C25H21N5O3S/c1-2-16-11-13-17(14-12-16)22(31)23-21(19-9-6-10-20(15-19)30(32)33)28-29-24(26-27-25(29)34-23)18-7-4-3-5-8-18/h3-15,21,23,28H,2H2,1H3/t21-,23-/m1/s1. The molecule has 1 N–H and O–H groups in total. The third-order valence-corrected chi connectivity index (χ3v) is 7.03. The maximum absolute atomic E-state index is 13.6. The predicted molar refractivity (Wildman–Crippen MR) is 130 cm³/mol. The van der Waals surface area contributed by atoms with Crippen molar-refractivity contribution in [1.29, 1.82) is 0 Å². The minimum Gasteiger partial charge on any atom is -0.313 e. The lowest BCUT2D eigenvalue weighted by Gasteiger charge is -2.33. The Labute approximate surface area is 200 Å². The van der Waals surface area contributed by atoms with E-state index in [1.54, 1.807) is 16.8 Å². The first-order valence-electron chi connectivity index (χ1n) is 10.9. The number of fused-ring (bicyclic) bond motifs is 1. The quantitative estimate of drug-likeness (QED) is 0.238. The second-order valence-electron chi connectivity index (χ2n) is 7.92. The van der Waals surface area contributed by atoms with E-state index >= 15 is 0 Å². The molecular formula is C25H21N5O3S. The van der Waals surface area contributed by atoms with Gasteiger partial charge in [0.1, 0.15) is 5.25 Å². The largest absolute Gasteiger partial charge is 0.313 e. The second-order valence-corrected chi connectivity index (χ2v) is 9.03. The van der Waals surface area contributed by atoms with Gasteiger partial charge in [0.15, 0.2) is 11.6 Å². The lowest BCUT2D eigenvalue weighted by molar-refractivity contribution is -0.384. The van der Waals surface area contributed by atoms with E-state index in [-0.39, 0.29) is 11.5 Å². The Balaban J connectivity index is 1.58. The first-order valence-corrected chi connectivity index (χ1v) is 11.7. The van der Waals surface area contributed by atoms with Gasteiger partial charge in [-0.05, 0) is 17.5 Å². The van der Waals surface area contributed by atoms with Crippen molar-refractivity contribution in [1.82, 2.24) is 14.9 Å². The number of hydrogen-bond acceptors (Lipinski definition) is 7. The fraction of sp³-hybridized carbons (Fsp3) is 0.160. The van der Waals surface area contributed by atoms with Gasteiger partial charge in [0.05, 0.1) is 11.0 Å². The summed E-state index contributed by atoms with van der Waals surface area (Å²) in [6.45, 7) is 2.06. The smallest absolute Gasteiger partial charge is 0.269 e. The highest BCUT2D eigenvalue weighted by Crippen LogP contribution is 2.40. The number of aryl methyl sites for hydroxylation is 1. The van der Waals surface area contributed by atoms with E-state index in [2.05, 4.69) is 22.5 Å². The zero-order chi connectivity index (χ0) is 23.7. The second kappa shape index (κ2) is 9.11. The van der Waals surface area contributed by atoms with Crippen molar-refractivity contribution in [3.05, 3.63) is 106 Å². The van der Waals surface area contributed by atoms with Crippen LogP contribution < -0.4 is 5.43 Å². The highest BCUT2D eigenvalue weighted by Gasteiger charge is 2.38. The Bertz CT molecular complexity index is 1350. The number of hydrogen-bond donors (Lipinski definition) is 1. The predicted octanol–water partition coefficient (Wildman–Crippen LogP) is 5.06. The topological polar surface area (TPSA) is 103 Å². The average molecular weight is 472 g/mol. The van der Waals surface area contributed by atoms with Crippen LogP contribution in [0.5, 0.6) is 0 Å². The lowest BCUT2D eigenvalue weighted by Crippen LogP contribution is -2.39. The first kappa shape index (κ1) is 21.8. The zero-order valence-corrected chi connectivity index (χ0v) is 19.1. The summed E-state index contributed by atoms with van der Waals surface area (Å²) in [5, 5.41) is 20.0. The summed E-state index contributed by atoms with van der Waals surface area (Å²) in [6.07, 6.45) is 0.885. The van der Waals surface area contributed by atoms with Gasteiger partial charge in [-0.3, -0.25) is 14.9 Å². The summed E-state index contributed by atoms with van der Waals surface area (Å²) >= 11 is 1.31. The van der Waals surface area contributed by atoms with Gasteiger partial charge < -0.3 is 5.43 Å². The van der Waals surface area contributed by atoms with E-state index in [1.807, 2.05) is 54.6 Å². The van der Waals surface area contributed by atoms with Crippen molar-refractivity contribution in [2.45, 2.75) is 29.8 Å². The fourth-order valence-electron chi connectivity index (χ4n) is 3.98. The molecule has 0 saturated carbocycles. The Morgan fingerprint density at radius 3 is 2.53 bits per heavy atom. The molecule has 0 bridgehead atoms. The summed E-state index contributed by atoms with van der Waals surface area (Å²) in [6, 6.07) is 23.0. The van der Waals surface area contributed by atoms with Gasteiger partial charge in [-0.15, -0.1) is 10.2 Å². The Morgan fingerprint density at radius 2 is 1.82 bits per heavy atom. The molecule has 0 saturated heterocycles. The van der Waals surface area contributed by atoms with Crippen molar-refractivity contribution in [3.63, 3.8) is 0 Å². The summed E-state index contributed by atoms with van der Waals surface area (Å²) in [5.41, 5.74) is 6.59. The number of benzene rings is 3. The maximum atomic E-state index is 13.6. The van der Waals surface area contributed by atoms with E-state index in [9.17, 15) is 14.9 Å². The van der Waals surface area contributed by atoms with Crippen molar-refractivity contribution < 1.29 is 9.72 Å². The minimum absolute atomic E-state index is 0.0272. The molecular weight excluding hydrogens is 450 g/mol. The number of thioether (sulfide) groups is 1. The summed E-state index contributed by atoms with van der Waals surface area (Å²) < 4.78 is 1.76. The van der Waals surface area contributed by atoms with E-state index < -0.39 is 16.2 Å². The molecule has 2 atom stereocenters. The van der Waals surface area contributed by atoms with Crippen LogP contribution in [0.4, 0.5) is 5.69 Å². The van der Waals surface area contributed by atoms with Gasteiger partial charge in [0, 0.05) is 23.3 Å². The molecule has 3 aromatic carbocycles. The van der Waals surface area contributed by atoms with Gasteiger partial charge in [0.2, 0.25) is 5.16 Å². The third-order valence-electron chi connectivity index (χ3n) is 5.81.